The molecule has 5 heteroatoms. The number of benzene rings is 2. The predicted molar refractivity (Wildman–Crippen MR) is 94.3 cm³/mol. The molecule has 0 aromatic heterocycles. The van der Waals surface area contributed by atoms with Crippen LogP contribution in [0.15, 0.2) is 57.9 Å². The van der Waals surface area contributed by atoms with Gasteiger partial charge in [0.15, 0.2) is 0 Å². The summed E-state index contributed by atoms with van der Waals surface area (Å²) in [5.41, 5.74) is 4.26. The van der Waals surface area contributed by atoms with Crippen LogP contribution >= 0.6 is 0 Å². The molecule has 1 fully saturated rings. The third kappa shape index (κ3) is 3.48. The third-order valence-electron chi connectivity index (χ3n) is 5.69. The molecule has 3 aliphatic rings. The second-order valence-corrected chi connectivity index (χ2v) is 13.9. The van der Waals surface area contributed by atoms with E-state index in [4.69, 9.17) is 0 Å². The first kappa shape index (κ1) is 20.8. The van der Waals surface area contributed by atoms with Crippen LogP contribution in [0.5, 0.6) is 0 Å². The van der Waals surface area contributed by atoms with Crippen molar-refractivity contribution in [1.29, 1.82) is 0 Å². The van der Waals surface area contributed by atoms with Crippen molar-refractivity contribution in [3.63, 3.8) is 0 Å². The largest absolute Gasteiger partial charge is 1.00 e. The van der Waals surface area contributed by atoms with Crippen LogP contribution in [0.1, 0.15) is 40.4 Å². The minimum absolute atomic E-state index is 0. The molecular weight excluding hydrogens is 464 g/mol. The van der Waals surface area contributed by atoms with Gasteiger partial charge < -0.3 is 24.8 Å². The average Bonchev–Trinajstić information content (AvgIpc) is 3.17. The van der Waals surface area contributed by atoms with Crippen molar-refractivity contribution in [2.45, 2.75) is 29.3 Å². The van der Waals surface area contributed by atoms with E-state index in [0.29, 0.717) is 3.63 Å². The summed E-state index contributed by atoms with van der Waals surface area (Å²) in [4.78, 5) is 0. The molecule has 0 aliphatic heterocycles. The van der Waals surface area contributed by atoms with Gasteiger partial charge in [-0.3, -0.25) is 0 Å². The molecule has 0 bridgehead atoms. The van der Waals surface area contributed by atoms with Crippen LogP contribution in [-0.4, -0.2) is 3.21 Å². The normalized spacial score (nSPS) is 16.3. The van der Waals surface area contributed by atoms with Gasteiger partial charge in [0.2, 0.25) is 0 Å². The van der Waals surface area contributed by atoms with E-state index in [9.17, 15) is 8.78 Å². The van der Waals surface area contributed by atoms with Crippen molar-refractivity contribution in [2.75, 3.05) is 0 Å². The summed E-state index contributed by atoms with van der Waals surface area (Å²) in [6, 6.07) is 10.2. The van der Waals surface area contributed by atoms with Gasteiger partial charge >= 0.3 is 154 Å². The van der Waals surface area contributed by atoms with Gasteiger partial charge in [-0.1, -0.05) is 0 Å². The number of allylic oxidation sites excluding steroid dienone is 4. The first-order chi connectivity index (χ1) is 12.2. The summed E-state index contributed by atoms with van der Waals surface area (Å²) in [6.07, 6.45) is 11.7. The van der Waals surface area contributed by atoms with Crippen molar-refractivity contribution in [1.82, 2.24) is 0 Å². The molecule has 0 atom stereocenters. The minimum Gasteiger partial charge on any atom is -1.00 e. The monoisotopic (exact) mass is 480 g/mol. The van der Waals surface area contributed by atoms with E-state index in [0.717, 1.165) is 17.5 Å². The minimum atomic E-state index is -2.10. The Bertz CT molecular complexity index is 934. The Morgan fingerprint density at radius 1 is 0.852 bits per heavy atom. The molecule has 0 nitrogen and oxygen atoms in total. The van der Waals surface area contributed by atoms with Gasteiger partial charge in [0.1, 0.15) is 0 Å². The molecule has 3 aliphatic carbocycles. The van der Waals surface area contributed by atoms with Crippen molar-refractivity contribution < 1.29 is 54.9 Å². The zero-order valence-electron chi connectivity index (χ0n) is 14.6. The Balaban J connectivity index is 0.00000105. The molecule has 5 rings (SSSR count). The summed E-state index contributed by atoms with van der Waals surface area (Å²) in [5, 5.41) is 0. The van der Waals surface area contributed by atoms with Crippen molar-refractivity contribution in [2.24, 2.45) is 0 Å². The quantitative estimate of drug-likeness (QED) is 0.560. The molecule has 0 saturated heterocycles. The fraction of sp³-hybridized carbons (Fsp3) is 0.227. The van der Waals surface area contributed by atoms with Gasteiger partial charge in [-0.25, -0.2) is 0 Å². The van der Waals surface area contributed by atoms with E-state index in [1.165, 1.54) is 30.4 Å². The molecule has 0 amide bonds. The van der Waals surface area contributed by atoms with Crippen molar-refractivity contribution in [3.8, 4) is 11.1 Å². The SMILES string of the molecule is Fc1ccc2c(c1)-c1cc(F)ccc1[CH]2[Zr+2]([C]1=CC=CC1)=[C]1CCC1.[Cl-].[Cl-]. The molecule has 0 radical (unpaired) electrons. The van der Waals surface area contributed by atoms with Gasteiger partial charge in [-0.05, 0) is 0 Å². The van der Waals surface area contributed by atoms with Crippen molar-refractivity contribution in [3.05, 3.63) is 80.7 Å². The Morgan fingerprint density at radius 2 is 1.44 bits per heavy atom. The molecular formula is C22H18Cl2F2Zr. The van der Waals surface area contributed by atoms with E-state index >= 15 is 0 Å². The standard InChI is InChI=1S/C13H7F2.C5H5.C4H6.2ClH.Zr/c14-10-3-1-8-5-9-2-4-11(15)7-13(9)12(8)6-10;1-2-4-5-3-1;1-2-4-3-1;;;/h1-7H;1-3H,4H2;1-3H2;2*1H;/q;;;;;+2/p-2. The maximum atomic E-state index is 13.9. The van der Waals surface area contributed by atoms with E-state index < -0.39 is 21.3 Å². The van der Waals surface area contributed by atoms with Crippen LogP contribution in [0.2, 0.25) is 0 Å². The molecule has 2 aromatic carbocycles. The zero-order chi connectivity index (χ0) is 17.0. The van der Waals surface area contributed by atoms with E-state index in [2.05, 4.69) is 18.2 Å². The van der Waals surface area contributed by atoms with Crippen molar-refractivity contribution >= 4 is 3.21 Å². The second kappa shape index (κ2) is 8.23. The number of hydrogen-bond donors (Lipinski definition) is 0. The molecule has 0 spiro atoms. The molecule has 2 aromatic rings. The summed E-state index contributed by atoms with van der Waals surface area (Å²) < 4.78 is 31.6. The second-order valence-electron chi connectivity index (χ2n) is 7.09. The molecule has 1 saturated carbocycles. The zero-order valence-corrected chi connectivity index (χ0v) is 18.6. The first-order valence-corrected chi connectivity index (χ1v) is 12.8. The Labute approximate surface area is 178 Å². The van der Waals surface area contributed by atoms with E-state index in [-0.39, 0.29) is 36.4 Å². The maximum absolute atomic E-state index is 13.9. The Kier molecular flexibility index (Phi) is 6.35. The van der Waals surface area contributed by atoms with E-state index in [1.54, 1.807) is 30.8 Å². The topological polar surface area (TPSA) is 0 Å². The van der Waals surface area contributed by atoms with E-state index in [1.807, 2.05) is 12.1 Å². The Morgan fingerprint density at radius 3 is 1.89 bits per heavy atom. The van der Waals surface area contributed by atoms with Gasteiger partial charge in [0.05, 0.1) is 0 Å². The van der Waals surface area contributed by atoms with Crippen LogP contribution in [0.3, 0.4) is 0 Å². The molecule has 0 N–H and O–H groups in total. The van der Waals surface area contributed by atoms with Crippen LogP contribution in [-0.2, 0) is 21.3 Å². The molecule has 138 valence electrons. The van der Waals surface area contributed by atoms with Gasteiger partial charge in [-0.2, -0.15) is 0 Å². The van der Waals surface area contributed by atoms with Gasteiger partial charge in [0.25, 0.3) is 0 Å². The number of hydrogen-bond acceptors (Lipinski definition) is 0. The molecule has 0 unspecified atom stereocenters. The third-order valence-corrected chi connectivity index (χ3v) is 14.3. The van der Waals surface area contributed by atoms with Crippen LogP contribution < -0.4 is 24.8 Å². The molecule has 0 heterocycles. The predicted octanol–water partition coefficient (Wildman–Crippen LogP) is -0.139. The summed E-state index contributed by atoms with van der Waals surface area (Å²) in [6.45, 7) is 0. The van der Waals surface area contributed by atoms with Gasteiger partial charge in [0, 0.05) is 0 Å². The summed E-state index contributed by atoms with van der Waals surface area (Å²) in [7, 11) is 0. The summed E-state index contributed by atoms with van der Waals surface area (Å²) in [5.74, 6) is -0.476. The number of rotatable bonds is 2. The summed E-state index contributed by atoms with van der Waals surface area (Å²) >= 11 is -2.10. The van der Waals surface area contributed by atoms with Crippen LogP contribution in [0.25, 0.3) is 11.1 Å². The van der Waals surface area contributed by atoms with Crippen LogP contribution in [0, 0.1) is 11.6 Å². The number of fused-ring (bicyclic) bond motifs is 3. The average molecular weight is 483 g/mol. The molecule has 27 heavy (non-hydrogen) atoms. The Hall–Kier alpha value is -0.887. The van der Waals surface area contributed by atoms with Crippen LogP contribution in [0.4, 0.5) is 8.78 Å². The smallest absolute Gasteiger partial charge is 1.00 e. The maximum Gasteiger partial charge on any atom is -1.00 e. The number of halogens is 4. The fourth-order valence-electron chi connectivity index (χ4n) is 4.39. The first-order valence-electron chi connectivity index (χ1n) is 8.89. The van der Waals surface area contributed by atoms with Gasteiger partial charge in [-0.15, -0.1) is 0 Å². The fourth-order valence-corrected chi connectivity index (χ4v) is 13.9.